The minimum Gasteiger partial charge on any atom is -0.357 e. The van der Waals surface area contributed by atoms with Crippen LogP contribution in [0.1, 0.15) is 30.9 Å². The topological polar surface area (TPSA) is 65.5 Å². The molecule has 27 heavy (non-hydrogen) atoms. The zero-order chi connectivity index (χ0) is 19.3. The molecule has 0 aliphatic carbocycles. The van der Waals surface area contributed by atoms with Crippen LogP contribution in [0.2, 0.25) is 0 Å². The van der Waals surface area contributed by atoms with Gasteiger partial charge in [-0.2, -0.15) is 0 Å². The summed E-state index contributed by atoms with van der Waals surface area (Å²) in [6, 6.07) is 21.1. The molecule has 2 rings (SSSR count). The molecular weight excluding hydrogens is 336 g/mol. The fraction of sp³-hybridized carbons (Fsp3) is 0.364. The van der Waals surface area contributed by atoms with Crippen LogP contribution in [0.3, 0.4) is 0 Å². The highest BCUT2D eigenvalue weighted by atomic mass is 16.1. The van der Waals surface area contributed by atoms with Crippen LogP contribution in [0.25, 0.3) is 0 Å². The van der Waals surface area contributed by atoms with Gasteiger partial charge in [0.25, 0.3) is 0 Å². The summed E-state index contributed by atoms with van der Waals surface area (Å²) < 4.78 is 0. The van der Waals surface area contributed by atoms with Gasteiger partial charge in [0, 0.05) is 39.0 Å². The van der Waals surface area contributed by atoms with Crippen molar-refractivity contribution in [1.29, 1.82) is 0 Å². The zero-order valence-electron chi connectivity index (χ0n) is 16.2. The van der Waals surface area contributed by atoms with Gasteiger partial charge in [0.05, 0.1) is 0 Å². The van der Waals surface area contributed by atoms with E-state index in [2.05, 4.69) is 64.5 Å². The van der Waals surface area contributed by atoms with Crippen molar-refractivity contribution in [3.8, 4) is 0 Å². The minimum absolute atomic E-state index is 0.0225. The summed E-state index contributed by atoms with van der Waals surface area (Å²) >= 11 is 0. The molecule has 0 saturated heterocycles. The molecule has 0 aromatic heterocycles. The van der Waals surface area contributed by atoms with Crippen LogP contribution in [0, 0.1) is 0 Å². The second kappa shape index (κ2) is 11.7. The van der Waals surface area contributed by atoms with E-state index in [1.54, 1.807) is 0 Å². The molecular formula is C22H30N4O. The Morgan fingerprint density at radius 1 is 0.926 bits per heavy atom. The Bertz CT molecular complexity index is 701. The number of guanidine groups is 1. The van der Waals surface area contributed by atoms with Crippen molar-refractivity contribution < 1.29 is 4.79 Å². The molecule has 3 N–H and O–H groups in total. The number of hydrogen-bond donors (Lipinski definition) is 3. The fourth-order valence-electron chi connectivity index (χ4n) is 2.87. The molecule has 0 aliphatic rings. The van der Waals surface area contributed by atoms with Crippen molar-refractivity contribution >= 4 is 11.9 Å². The van der Waals surface area contributed by atoms with Crippen molar-refractivity contribution in [2.75, 3.05) is 26.2 Å². The summed E-state index contributed by atoms with van der Waals surface area (Å²) in [6.07, 6.45) is 0.944. The molecule has 2 aromatic carbocycles. The number of carbonyl (C=O) groups is 1. The molecule has 2 aromatic rings. The SMILES string of the molecule is CCNC(=NCC(Cc1ccccc1)c1ccccc1)NCCNC(C)=O. The van der Waals surface area contributed by atoms with E-state index >= 15 is 0 Å². The van der Waals surface area contributed by atoms with Crippen molar-refractivity contribution in [3.05, 3.63) is 71.8 Å². The van der Waals surface area contributed by atoms with E-state index in [0.29, 0.717) is 25.6 Å². The number of amides is 1. The molecule has 0 aliphatic heterocycles. The average molecular weight is 367 g/mol. The van der Waals surface area contributed by atoms with Crippen LogP contribution in [0.4, 0.5) is 0 Å². The summed E-state index contributed by atoms with van der Waals surface area (Å²) in [6.45, 7) is 6.26. The first-order valence-corrected chi connectivity index (χ1v) is 9.54. The first-order valence-electron chi connectivity index (χ1n) is 9.54. The van der Waals surface area contributed by atoms with Crippen LogP contribution >= 0.6 is 0 Å². The Kier molecular flexibility index (Phi) is 8.90. The summed E-state index contributed by atoms with van der Waals surface area (Å²) in [5.41, 5.74) is 2.60. The molecule has 5 heteroatoms. The highest BCUT2D eigenvalue weighted by Gasteiger charge is 2.12. The number of hydrogen-bond acceptors (Lipinski definition) is 2. The summed E-state index contributed by atoms with van der Waals surface area (Å²) in [4.78, 5) is 15.8. The maximum absolute atomic E-state index is 11.0. The third-order valence-electron chi connectivity index (χ3n) is 4.20. The summed E-state index contributed by atoms with van der Waals surface area (Å²) in [5.74, 6) is 1.06. The third kappa shape index (κ3) is 7.94. The van der Waals surface area contributed by atoms with E-state index in [9.17, 15) is 4.79 Å². The largest absolute Gasteiger partial charge is 0.357 e. The Hall–Kier alpha value is -2.82. The Morgan fingerprint density at radius 3 is 2.19 bits per heavy atom. The molecule has 0 radical (unpaired) electrons. The van der Waals surface area contributed by atoms with E-state index in [1.807, 2.05) is 19.1 Å². The van der Waals surface area contributed by atoms with Crippen LogP contribution in [-0.4, -0.2) is 38.0 Å². The molecule has 144 valence electrons. The second-order valence-corrected chi connectivity index (χ2v) is 6.43. The highest BCUT2D eigenvalue weighted by molar-refractivity contribution is 5.80. The Balaban J connectivity index is 2.04. The molecule has 5 nitrogen and oxygen atoms in total. The molecule has 1 unspecified atom stereocenters. The summed E-state index contributed by atoms with van der Waals surface area (Å²) in [7, 11) is 0. The first kappa shape index (κ1) is 20.5. The van der Waals surface area contributed by atoms with Gasteiger partial charge < -0.3 is 16.0 Å². The zero-order valence-corrected chi connectivity index (χ0v) is 16.2. The number of rotatable bonds is 9. The predicted octanol–water partition coefficient (Wildman–Crippen LogP) is 2.70. The number of aliphatic imine (C=N–C) groups is 1. The number of carbonyl (C=O) groups excluding carboxylic acids is 1. The van der Waals surface area contributed by atoms with Gasteiger partial charge in [-0.1, -0.05) is 60.7 Å². The van der Waals surface area contributed by atoms with Gasteiger partial charge in [-0.15, -0.1) is 0 Å². The Labute approximate surface area is 162 Å². The lowest BCUT2D eigenvalue weighted by atomic mass is 9.92. The molecule has 0 fully saturated rings. The maximum atomic E-state index is 11.0. The first-order chi connectivity index (χ1) is 13.2. The smallest absolute Gasteiger partial charge is 0.216 e. The van der Waals surface area contributed by atoms with Gasteiger partial charge in [0.2, 0.25) is 5.91 Å². The predicted molar refractivity (Wildman–Crippen MR) is 112 cm³/mol. The van der Waals surface area contributed by atoms with E-state index in [-0.39, 0.29) is 5.91 Å². The van der Waals surface area contributed by atoms with Crippen molar-refractivity contribution in [3.63, 3.8) is 0 Å². The van der Waals surface area contributed by atoms with Gasteiger partial charge in [0.1, 0.15) is 0 Å². The van der Waals surface area contributed by atoms with E-state index in [0.717, 1.165) is 18.9 Å². The van der Waals surface area contributed by atoms with Crippen molar-refractivity contribution in [2.45, 2.75) is 26.2 Å². The molecule has 0 heterocycles. The number of nitrogens with one attached hydrogen (secondary N) is 3. The van der Waals surface area contributed by atoms with Crippen LogP contribution in [0.15, 0.2) is 65.7 Å². The second-order valence-electron chi connectivity index (χ2n) is 6.43. The van der Waals surface area contributed by atoms with Crippen molar-refractivity contribution in [2.24, 2.45) is 4.99 Å². The van der Waals surface area contributed by atoms with Gasteiger partial charge >= 0.3 is 0 Å². The third-order valence-corrected chi connectivity index (χ3v) is 4.20. The lowest BCUT2D eigenvalue weighted by molar-refractivity contribution is -0.118. The average Bonchev–Trinajstić information content (AvgIpc) is 2.69. The fourth-order valence-corrected chi connectivity index (χ4v) is 2.87. The highest BCUT2D eigenvalue weighted by Crippen LogP contribution is 2.21. The molecule has 0 spiro atoms. The van der Waals surface area contributed by atoms with Crippen LogP contribution < -0.4 is 16.0 Å². The summed E-state index contributed by atoms with van der Waals surface area (Å²) in [5, 5.41) is 9.32. The Morgan fingerprint density at radius 2 is 1.56 bits per heavy atom. The molecule has 0 bridgehead atoms. The molecule has 0 saturated carbocycles. The maximum Gasteiger partial charge on any atom is 0.216 e. The quantitative estimate of drug-likeness (QED) is 0.363. The molecule has 1 amide bonds. The van der Waals surface area contributed by atoms with Crippen LogP contribution in [0.5, 0.6) is 0 Å². The van der Waals surface area contributed by atoms with Gasteiger partial charge in [-0.05, 0) is 24.5 Å². The van der Waals surface area contributed by atoms with Gasteiger partial charge in [0.15, 0.2) is 5.96 Å². The monoisotopic (exact) mass is 366 g/mol. The number of nitrogens with zero attached hydrogens (tertiary/aromatic N) is 1. The normalized spacial score (nSPS) is 12.3. The van der Waals surface area contributed by atoms with Gasteiger partial charge in [-0.3, -0.25) is 9.79 Å². The van der Waals surface area contributed by atoms with Gasteiger partial charge in [-0.25, -0.2) is 0 Å². The molecule has 1 atom stereocenters. The lowest BCUT2D eigenvalue weighted by Crippen LogP contribution is -2.41. The van der Waals surface area contributed by atoms with E-state index in [4.69, 9.17) is 4.99 Å². The van der Waals surface area contributed by atoms with E-state index < -0.39 is 0 Å². The number of benzene rings is 2. The van der Waals surface area contributed by atoms with E-state index in [1.165, 1.54) is 18.1 Å². The minimum atomic E-state index is -0.0225. The van der Waals surface area contributed by atoms with Crippen molar-refractivity contribution in [1.82, 2.24) is 16.0 Å². The standard InChI is InChI=1S/C22H30N4O/c1-3-23-22(25-15-14-24-18(2)27)26-17-21(20-12-8-5-9-13-20)16-19-10-6-4-7-11-19/h4-13,21H,3,14-17H2,1-2H3,(H,24,27)(H2,23,25,26). The lowest BCUT2D eigenvalue weighted by Gasteiger charge is -2.17. The van der Waals surface area contributed by atoms with Crippen LogP contribution in [-0.2, 0) is 11.2 Å².